The van der Waals surface area contributed by atoms with Crippen LogP contribution in [0.3, 0.4) is 0 Å². The van der Waals surface area contributed by atoms with Gasteiger partial charge in [0, 0.05) is 0 Å². The Morgan fingerprint density at radius 2 is 2.19 bits per heavy atom. The zero-order chi connectivity index (χ0) is 12.1. The lowest BCUT2D eigenvalue weighted by molar-refractivity contribution is -0.122. The fourth-order valence-corrected chi connectivity index (χ4v) is 1.17. The summed E-state index contributed by atoms with van der Waals surface area (Å²) in [6.45, 7) is 3.64. The molecule has 0 aliphatic heterocycles. The van der Waals surface area contributed by atoms with Crippen LogP contribution in [-0.4, -0.2) is 17.6 Å². The first kappa shape index (κ1) is 12.5. The van der Waals surface area contributed by atoms with Crippen molar-refractivity contribution < 1.29 is 14.6 Å². The Hall–Kier alpha value is -1.55. The predicted octanol–water partition coefficient (Wildman–Crippen LogP) is 1.24. The number of aliphatic hydroxyl groups is 1. The molecular formula is C12H17NO3. The van der Waals surface area contributed by atoms with Crippen LogP contribution in [0.1, 0.15) is 25.5 Å². The van der Waals surface area contributed by atoms with E-state index < -0.39 is 6.10 Å². The highest BCUT2D eigenvalue weighted by molar-refractivity contribution is 5.76. The summed E-state index contributed by atoms with van der Waals surface area (Å²) < 4.78 is 5.41. The lowest BCUT2D eigenvalue weighted by Gasteiger charge is -2.11. The molecule has 0 aliphatic rings. The van der Waals surface area contributed by atoms with Crippen LogP contribution in [0, 0.1) is 5.92 Å². The van der Waals surface area contributed by atoms with Crippen molar-refractivity contribution >= 4 is 5.91 Å². The third-order valence-electron chi connectivity index (χ3n) is 2.33. The summed E-state index contributed by atoms with van der Waals surface area (Å²) in [4.78, 5) is 10.8. The van der Waals surface area contributed by atoms with Crippen LogP contribution in [0.2, 0.25) is 0 Å². The smallest absolute Gasteiger partial charge is 0.223 e. The van der Waals surface area contributed by atoms with E-state index in [1.165, 1.54) is 0 Å². The van der Waals surface area contributed by atoms with Gasteiger partial charge in [0.1, 0.15) is 5.75 Å². The molecule has 88 valence electrons. The Balaban J connectivity index is 2.60. The van der Waals surface area contributed by atoms with Gasteiger partial charge in [-0.05, 0) is 24.6 Å². The van der Waals surface area contributed by atoms with Crippen molar-refractivity contribution in [3.63, 3.8) is 0 Å². The number of nitrogens with two attached hydrogens (primary N) is 1. The molecule has 3 N–H and O–H groups in total. The monoisotopic (exact) mass is 223 g/mol. The number of amides is 1. The van der Waals surface area contributed by atoms with Crippen molar-refractivity contribution in [2.24, 2.45) is 11.7 Å². The van der Waals surface area contributed by atoms with Gasteiger partial charge in [0.05, 0.1) is 18.6 Å². The van der Waals surface area contributed by atoms with Crippen molar-refractivity contribution in [3.8, 4) is 5.75 Å². The molecule has 0 spiro atoms. The Bertz CT molecular complexity index is 363. The Morgan fingerprint density at radius 3 is 2.75 bits per heavy atom. The van der Waals surface area contributed by atoms with E-state index in [-0.39, 0.29) is 18.4 Å². The second-order valence-corrected chi connectivity index (χ2v) is 3.86. The van der Waals surface area contributed by atoms with Gasteiger partial charge in [0.25, 0.3) is 0 Å². The maximum atomic E-state index is 10.8. The summed E-state index contributed by atoms with van der Waals surface area (Å²) in [6.07, 6.45) is -0.530. The molecule has 4 heteroatoms. The molecule has 0 radical (unpaired) electrons. The molecule has 1 unspecified atom stereocenters. The van der Waals surface area contributed by atoms with Gasteiger partial charge in [-0.1, -0.05) is 19.1 Å². The number of primary amides is 1. The zero-order valence-corrected chi connectivity index (χ0v) is 9.51. The van der Waals surface area contributed by atoms with Gasteiger partial charge in [-0.15, -0.1) is 0 Å². The van der Waals surface area contributed by atoms with E-state index in [9.17, 15) is 9.90 Å². The number of aliphatic hydroxyl groups excluding tert-OH is 1. The lowest BCUT2D eigenvalue weighted by atomic mass is 10.1. The molecule has 0 aliphatic carbocycles. The van der Waals surface area contributed by atoms with Gasteiger partial charge >= 0.3 is 0 Å². The molecule has 0 aromatic heterocycles. The van der Waals surface area contributed by atoms with Gasteiger partial charge in [-0.2, -0.15) is 0 Å². The molecule has 2 atom stereocenters. The van der Waals surface area contributed by atoms with Gasteiger partial charge in [0.2, 0.25) is 5.91 Å². The molecule has 16 heavy (non-hydrogen) atoms. The van der Waals surface area contributed by atoms with Crippen LogP contribution in [-0.2, 0) is 4.79 Å². The van der Waals surface area contributed by atoms with E-state index in [1.807, 2.05) is 6.07 Å². The van der Waals surface area contributed by atoms with E-state index in [2.05, 4.69) is 0 Å². The second kappa shape index (κ2) is 5.51. The molecule has 1 aromatic carbocycles. The van der Waals surface area contributed by atoms with E-state index in [0.29, 0.717) is 5.75 Å². The Kier molecular flexibility index (Phi) is 4.31. The van der Waals surface area contributed by atoms with Gasteiger partial charge in [-0.3, -0.25) is 4.79 Å². The number of hydrogen-bond donors (Lipinski definition) is 2. The molecule has 0 saturated carbocycles. The molecular weight excluding hydrogens is 206 g/mol. The van der Waals surface area contributed by atoms with Crippen LogP contribution < -0.4 is 10.5 Å². The number of benzene rings is 1. The average molecular weight is 223 g/mol. The highest BCUT2D eigenvalue weighted by Gasteiger charge is 2.09. The predicted molar refractivity (Wildman–Crippen MR) is 60.9 cm³/mol. The van der Waals surface area contributed by atoms with Crippen LogP contribution in [0.25, 0.3) is 0 Å². The standard InChI is InChI=1S/C12H17NO3/c1-8(12(13)15)7-16-11-5-3-4-10(6-11)9(2)14/h3-6,8-9,14H,7H2,1-2H3,(H2,13,15)/t8?,9-/m1/s1. The van der Waals surface area contributed by atoms with E-state index >= 15 is 0 Å². The Morgan fingerprint density at radius 1 is 1.50 bits per heavy atom. The average Bonchev–Trinajstić information content (AvgIpc) is 2.26. The van der Waals surface area contributed by atoms with Crippen molar-refractivity contribution in [3.05, 3.63) is 29.8 Å². The molecule has 4 nitrogen and oxygen atoms in total. The number of rotatable bonds is 5. The summed E-state index contributed by atoms with van der Waals surface area (Å²) in [5.41, 5.74) is 5.90. The van der Waals surface area contributed by atoms with Crippen LogP contribution in [0.4, 0.5) is 0 Å². The number of carbonyl (C=O) groups is 1. The molecule has 1 aromatic rings. The minimum absolute atomic E-state index is 0.249. The highest BCUT2D eigenvalue weighted by atomic mass is 16.5. The van der Waals surface area contributed by atoms with Crippen molar-refractivity contribution in [1.82, 2.24) is 0 Å². The normalized spacial score (nSPS) is 14.2. The summed E-state index contributed by atoms with van der Waals surface area (Å²) in [6, 6.07) is 7.14. The summed E-state index contributed by atoms with van der Waals surface area (Å²) >= 11 is 0. The summed E-state index contributed by atoms with van der Waals surface area (Å²) in [5, 5.41) is 9.38. The first-order valence-corrected chi connectivity index (χ1v) is 5.21. The molecule has 0 saturated heterocycles. The fraction of sp³-hybridized carbons (Fsp3) is 0.417. The van der Waals surface area contributed by atoms with Crippen LogP contribution in [0.15, 0.2) is 24.3 Å². The minimum atomic E-state index is -0.530. The minimum Gasteiger partial charge on any atom is -0.493 e. The van der Waals surface area contributed by atoms with Gasteiger partial charge in [-0.25, -0.2) is 0 Å². The van der Waals surface area contributed by atoms with E-state index in [0.717, 1.165) is 5.56 Å². The fourth-order valence-electron chi connectivity index (χ4n) is 1.17. The third-order valence-corrected chi connectivity index (χ3v) is 2.33. The topological polar surface area (TPSA) is 72.6 Å². The first-order valence-electron chi connectivity index (χ1n) is 5.21. The van der Waals surface area contributed by atoms with Crippen molar-refractivity contribution in [2.75, 3.05) is 6.61 Å². The maximum Gasteiger partial charge on any atom is 0.223 e. The van der Waals surface area contributed by atoms with Gasteiger partial charge < -0.3 is 15.6 Å². The largest absolute Gasteiger partial charge is 0.493 e. The van der Waals surface area contributed by atoms with Crippen molar-refractivity contribution in [1.29, 1.82) is 0 Å². The summed E-state index contributed by atoms with van der Waals surface area (Å²) in [7, 11) is 0. The maximum absolute atomic E-state index is 10.8. The molecule has 0 heterocycles. The third kappa shape index (κ3) is 3.55. The molecule has 0 fully saturated rings. The number of hydrogen-bond acceptors (Lipinski definition) is 3. The highest BCUT2D eigenvalue weighted by Crippen LogP contribution is 2.19. The van der Waals surface area contributed by atoms with Crippen LogP contribution in [0.5, 0.6) is 5.75 Å². The van der Waals surface area contributed by atoms with E-state index in [4.69, 9.17) is 10.5 Å². The second-order valence-electron chi connectivity index (χ2n) is 3.86. The van der Waals surface area contributed by atoms with Crippen molar-refractivity contribution in [2.45, 2.75) is 20.0 Å². The lowest BCUT2D eigenvalue weighted by Crippen LogP contribution is -2.25. The first-order chi connectivity index (χ1) is 7.50. The zero-order valence-electron chi connectivity index (χ0n) is 9.51. The van der Waals surface area contributed by atoms with E-state index in [1.54, 1.807) is 32.0 Å². The van der Waals surface area contributed by atoms with Gasteiger partial charge in [0.15, 0.2) is 0 Å². The SMILES string of the molecule is CC(COc1cccc([C@@H](C)O)c1)C(N)=O. The molecule has 0 bridgehead atoms. The molecule has 1 amide bonds. The number of carbonyl (C=O) groups excluding carboxylic acids is 1. The Labute approximate surface area is 95.0 Å². The van der Waals surface area contributed by atoms with Crippen LogP contribution >= 0.6 is 0 Å². The number of ether oxygens (including phenoxy) is 1. The molecule has 1 rings (SSSR count). The quantitative estimate of drug-likeness (QED) is 0.788. The summed E-state index contributed by atoms with van der Waals surface area (Å²) in [5.74, 6) is -0.0756.